The predicted octanol–water partition coefficient (Wildman–Crippen LogP) is 2.22. The van der Waals surface area contributed by atoms with Crippen LogP contribution in [0.3, 0.4) is 0 Å². The molecule has 3 heteroatoms. The molecule has 0 aromatic heterocycles. The van der Waals surface area contributed by atoms with E-state index in [1.807, 2.05) is 18.2 Å². The zero-order valence-corrected chi connectivity index (χ0v) is 11.0. The van der Waals surface area contributed by atoms with Gasteiger partial charge in [-0.15, -0.1) is 0 Å². The Morgan fingerprint density at radius 1 is 1.18 bits per heavy atom. The first-order valence-electron chi connectivity index (χ1n) is 6.01. The van der Waals surface area contributed by atoms with E-state index in [9.17, 15) is 0 Å². The molecule has 0 unspecified atom stereocenters. The minimum Gasteiger partial charge on any atom is -0.377 e. The molecule has 0 saturated carbocycles. The monoisotopic (exact) mass is 237 g/mol. The smallest absolute Gasteiger partial charge is 0.0746 e. The van der Waals surface area contributed by atoms with E-state index in [1.165, 1.54) is 5.56 Å². The third kappa shape index (κ3) is 6.41. The molecule has 1 aromatic rings. The van der Waals surface area contributed by atoms with Gasteiger partial charge in [0.2, 0.25) is 0 Å². The average molecular weight is 237 g/mol. The summed E-state index contributed by atoms with van der Waals surface area (Å²) in [6.45, 7) is 7.19. The minimum atomic E-state index is -0.112. The van der Waals surface area contributed by atoms with Crippen molar-refractivity contribution in [1.29, 1.82) is 0 Å². The lowest BCUT2D eigenvalue weighted by atomic mass is 10.1. The Kier molecular flexibility index (Phi) is 6.19. The van der Waals surface area contributed by atoms with Crippen molar-refractivity contribution in [3.05, 3.63) is 35.9 Å². The molecule has 0 atom stereocenters. The molecule has 1 N–H and O–H groups in total. The number of hydrogen-bond donors (Lipinski definition) is 1. The number of ether oxygens (including phenoxy) is 2. The van der Waals surface area contributed by atoms with Crippen LogP contribution in [0, 0.1) is 0 Å². The fourth-order valence-electron chi connectivity index (χ4n) is 1.37. The molecule has 0 heterocycles. The van der Waals surface area contributed by atoms with Crippen molar-refractivity contribution in [3.8, 4) is 0 Å². The molecule has 0 spiro atoms. The molecule has 1 aromatic carbocycles. The van der Waals surface area contributed by atoms with Crippen LogP contribution in [0.15, 0.2) is 30.3 Å². The van der Waals surface area contributed by atoms with E-state index in [0.717, 1.165) is 13.1 Å². The van der Waals surface area contributed by atoms with Crippen LogP contribution < -0.4 is 5.32 Å². The van der Waals surface area contributed by atoms with Crippen molar-refractivity contribution in [2.75, 3.05) is 26.8 Å². The highest BCUT2D eigenvalue weighted by atomic mass is 16.5. The molecule has 0 bridgehead atoms. The Morgan fingerprint density at radius 2 is 1.88 bits per heavy atom. The van der Waals surface area contributed by atoms with Gasteiger partial charge in [-0.25, -0.2) is 0 Å². The van der Waals surface area contributed by atoms with Crippen molar-refractivity contribution < 1.29 is 9.47 Å². The Labute approximate surface area is 104 Å². The number of hydrogen-bond acceptors (Lipinski definition) is 3. The Balaban J connectivity index is 2.02. The molecular weight excluding hydrogens is 214 g/mol. The lowest BCUT2D eigenvalue weighted by Gasteiger charge is -2.23. The molecule has 0 radical (unpaired) electrons. The SMILES string of the molecule is COC(C)(C)CNCCOCc1ccccc1. The van der Waals surface area contributed by atoms with E-state index in [4.69, 9.17) is 9.47 Å². The number of benzene rings is 1. The first-order chi connectivity index (χ1) is 8.14. The van der Waals surface area contributed by atoms with Crippen LogP contribution in [0.1, 0.15) is 19.4 Å². The molecule has 96 valence electrons. The third-order valence-corrected chi connectivity index (χ3v) is 2.64. The van der Waals surface area contributed by atoms with Gasteiger partial charge in [0.1, 0.15) is 0 Å². The number of rotatable bonds is 8. The fraction of sp³-hybridized carbons (Fsp3) is 0.571. The van der Waals surface area contributed by atoms with Crippen LogP contribution in [0.2, 0.25) is 0 Å². The molecule has 0 aliphatic rings. The summed E-state index contributed by atoms with van der Waals surface area (Å²) in [7, 11) is 1.73. The van der Waals surface area contributed by atoms with E-state index in [1.54, 1.807) is 7.11 Å². The van der Waals surface area contributed by atoms with E-state index >= 15 is 0 Å². The molecule has 3 nitrogen and oxygen atoms in total. The summed E-state index contributed by atoms with van der Waals surface area (Å²) in [4.78, 5) is 0. The topological polar surface area (TPSA) is 30.5 Å². The van der Waals surface area contributed by atoms with Crippen molar-refractivity contribution >= 4 is 0 Å². The zero-order valence-electron chi connectivity index (χ0n) is 11.0. The fourth-order valence-corrected chi connectivity index (χ4v) is 1.37. The highest BCUT2D eigenvalue weighted by Crippen LogP contribution is 2.04. The second-order valence-corrected chi connectivity index (χ2v) is 4.68. The van der Waals surface area contributed by atoms with Gasteiger partial charge in [-0.05, 0) is 19.4 Å². The van der Waals surface area contributed by atoms with E-state index in [0.29, 0.717) is 13.2 Å². The normalized spacial score (nSPS) is 11.7. The van der Waals surface area contributed by atoms with Crippen LogP contribution in [0.4, 0.5) is 0 Å². The summed E-state index contributed by atoms with van der Waals surface area (Å²) in [6, 6.07) is 10.2. The molecule has 0 aliphatic carbocycles. The summed E-state index contributed by atoms with van der Waals surface area (Å²) in [5.41, 5.74) is 1.10. The van der Waals surface area contributed by atoms with Crippen molar-refractivity contribution in [1.82, 2.24) is 5.32 Å². The van der Waals surface area contributed by atoms with Gasteiger partial charge in [0.15, 0.2) is 0 Å². The molecule has 0 saturated heterocycles. The summed E-state index contributed by atoms with van der Waals surface area (Å²) in [5, 5.41) is 3.31. The highest BCUT2D eigenvalue weighted by molar-refractivity contribution is 5.13. The van der Waals surface area contributed by atoms with Gasteiger partial charge in [-0.1, -0.05) is 30.3 Å². The molecule has 0 aliphatic heterocycles. The van der Waals surface area contributed by atoms with Gasteiger partial charge in [-0.2, -0.15) is 0 Å². The lowest BCUT2D eigenvalue weighted by molar-refractivity contribution is 0.0212. The molecular formula is C14H23NO2. The summed E-state index contributed by atoms with van der Waals surface area (Å²) < 4.78 is 10.9. The van der Waals surface area contributed by atoms with Gasteiger partial charge in [0.25, 0.3) is 0 Å². The second kappa shape index (κ2) is 7.43. The van der Waals surface area contributed by atoms with Crippen molar-refractivity contribution in [3.63, 3.8) is 0 Å². The van der Waals surface area contributed by atoms with Crippen LogP contribution in [-0.2, 0) is 16.1 Å². The standard InChI is InChI=1S/C14H23NO2/c1-14(2,16-3)12-15-9-10-17-11-13-7-5-4-6-8-13/h4-8,15H,9-12H2,1-3H3. The van der Waals surface area contributed by atoms with E-state index < -0.39 is 0 Å². The zero-order chi connectivity index (χ0) is 12.6. The Morgan fingerprint density at radius 3 is 2.53 bits per heavy atom. The highest BCUT2D eigenvalue weighted by Gasteiger charge is 2.14. The van der Waals surface area contributed by atoms with E-state index in [2.05, 4.69) is 31.3 Å². The third-order valence-electron chi connectivity index (χ3n) is 2.64. The van der Waals surface area contributed by atoms with Crippen LogP contribution in [0.5, 0.6) is 0 Å². The lowest BCUT2D eigenvalue weighted by Crippen LogP contribution is -2.38. The maximum Gasteiger partial charge on any atom is 0.0746 e. The first kappa shape index (κ1) is 14.2. The molecule has 0 amide bonds. The van der Waals surface area contributed by atoms with Crippen LogP contribution in [0.25, 0.3) is 0 Å². The van der Waals surface area contributed by atoms with Gasteiger partial charge in [-0.3, -0.25) is 0 Å². The Hall–Kier alpha value is -0.900. The maximum absolute atomic E-state index is 5.56. The van der Waals surface area contributed by atoms with Gasteiger partial charge in [0, 0.05) is 20.2 Å². The average Bonchev–Trinajstić information content (AvgIpc) is 2.35. The minimum absolute atomic E-state index is 0.112. The summed E-state index contributed by atoms with van der Waals surface area (Å²) in [5.74, 6) is 0. The van der Waals surface area contributed by atoms with Gasteiger partial charge < -0.3 is 14.8 Å². The molecule has 1 rings (SSSR count). The number of nitrogens with one attached hydrogen (secondary N) is 1. The van der Waals surface area contributed by atoms with Crippen molar-refractivity contribution in [2.45, 2.75) is 26.1 Å². The molecule has 17 heavy (non-hydrogen) atoms. The van der Waals surface area contributed by atoms with Gasteiger partial charge >= 0.3 is 0 Å². The predicted molar refractivity (Wildman–Crippen MR) is 70.1 cm³/mol. The van der Waals surface area contributed by atoms with Crippen LogP contribution in [-0.4, -0.2) is 32.4 Å². The second-order valence-electron chi connectivity index (χ2n) is 4.68. The summed E-state index contributed by atoms with van der Waals surface area (Å²) in [6.07, 6.45) is 0. The van der Waals surface area contributed by atoms with Crippen LogP contribution >= 0.6 is 0 Å². The van der Waals surface area contributed by atoms with Crippen molar-refractivity contribution in [2.24, 2.45) is 0 Å². The Bertz CT molecular complexity index is 298. The summed E-state index contributed by atoms with van der Waals surface area (Å²) >= 11 is 0. The first-order valence-corrected chi connectivity index (χ1v) is 6.01. The van der Waals surface area contributed by atoms with E-state index in [-0.39, 0.29) is 5.60 Å². The van der Waals surface area contributed by atoms with Gasteiger partial charge in [0.05, 0.1) is 18.8 Å². The number of methoxy groups -OCH3 is 1. The quantitative estimate of drug-likeness (QED) is 0.703. The molecule has 0 fully saturated rings. The maximum atomic E-state index is 5.56. The largest absolute Gasteiger partial charge is 0.377 e.